The van der Waals surface area contributed by atoms with Gasteiger partial charge in [-0.3, -0.25) is 4.79 Å². The van der Waals surface area contributed by atoms with Gasteiger partial charge in [0.15, 0.2) is 0 Å². The maximum absolute atomic E-state index is 11.9. The van der Waals surface area contributed by atoms with E-state index in [1.807, 2.05) is 30.3 Å². The largest absolute Gasteiger partial charge is 0.325 e. The molecule has 1 atom stereocenters. The molecule has 0 aliphatic rings. The number of carbonyl (C=O) groups is 1. The Bertz CT molecular complexity index is 560. The SMILES string of the molecule is N[C@@H](Cc1ccccc1)C(=O)Nc1ccnc(Cl)c1. The quantitative estimate of drug-likeness (QED) is 0.841. The summed E-state index contributed by atoms with van der Waals surface area (Å²) < 4.78 is 0. The molecule has 0 aliphatic carbocycles. The summed E-state index contributed by atoms with van der Waals surface area (Å²) in [5, 5.41) is 3.04. The maximum atomic E-state index is 11.9. The minimum absolute atomic E-state index is 0.244. The molecular weight excluding hydrogens is 262 g/mol. The molecule has 0 aliphatic heterocycles. The van der Waals surface area contributed by atoms with E-state index in [1.165, 1.54) is 6.20 Å². The molecule has 5 heteroatoms. The zero-order chi connectivity index (χ0) is 13.7. The third-order valence-corrected chi connectivity index (χ3v) is 2.84. The zero-order valence-corrected chi connectivity index (χ0v) is 11.0. The molecule has 0 saturated heterocycles. The summed E-state index contributed by atoms with van der Waals surface area (Å²) in [6.45, 7) is 0. The molecule has 0 radical (unpaired) electrons. The Balaban J connectivity index is 1.96. The summed E-state index contributed by atoms with van der Waals surface area (Å²) in [4.78, 5) is 15.8. The van der Waals surface area contributed by atoms with Crippen LogP contribution in [0.1, 0.15) is 5.56 Å². The van der Waals surface area contributed by atoms with E-state index in [2.05, 4.69) is 10.3 Å². The zero-order valence-electron chi connectivity index (χ0n) is 10.2. The summed E-state index contributed by atoms with van der Waals surface area (Å²) in [5.41, 5.74) is 7.49. The Morgan fingerprint density at radius 2 is 2.05 bits per heavy atom. The summed E-state index contributed by atoms with van der Waals surface area (Å²) in [6.07, 6.45) is 2.02. The molecule has 1 aromatic carbocycles. The van der Waals surface area contributed by atoms with Gasteiger partial charge >= 0.3 is 0 Å². The lowest BCUT2D eigenvalue weighted by Gasteiger charge is -2.12. The summed E-state index contributed by atoms with van der Waals surface area (Å²) in [7, 11) is 0. The molecule has 19 heavy (non-hydrogen) atoms. The Labute approximate surface area is 116 Å². The molecule has 0 spiro atoms. The van der Waals surface area contributed by atoms with Crippen LogP contribution in [0.25, 0.3) is 0 Å². The molecule has 0 unspecified atom stereocenters. The van der Waals surface area contributed by atoms with Crippen molar-refractivity contribution in [3.8, 4) is 0 Å². The van der Waals surface area contributed by atoms with Crippen LogP contribution < -0.4 is 11.1 Å². The maximum Gasteiger partial charge on any atom is 0.241 e. The summed E-state index contributed by atoms with van der Waals surface area (Å²) >= 11 is 5.74. The first-order valence-electron chi connectivity index (χ1n) is 5.87. The number of aromatic nitrogens is 1. The highest BCUT2D eigenvalue weighted by molar-refractivity contribution is 6.29. The monoisotopic (exact) mass is 275 g/mol. The average molecular weight is 276 g/mol. The molecule has 1 aromatic heterocycles. The van der Waals surface area contributed by atoms with Gasteiger partial charge in [0.1, 0.15) is 5.15 Å². The average Bonchev–Trinajstić information content (AvgIpc) is 2.40. The van der Waals surface area contributed by atoms with Gasteiger partial charge in [0.25, 0.3) is 0 Å². The molecule has 1 amide bonds. The molecule has 0 bridgehead atoms. The van der Waals surface area contributed by atoms with E-state index in [0.29, 0.717) is 17.3 Å². The second-order valence-corrected chi connectivity index (χ2v) is 4.54. The van der Waals surface area contributed by atoms with Crippen molar-refractivity contribution in [2.24, 2.45) is 5.73 Å². The highest BCUT2D eigenvalue weighted by Crippen LogP contribution is 2.12. The van der Waals surface area contributed by atoms with Crippen molar-refractivity contribution in [1.29, 1.82) is 0 Å². The van der Waals surface area contributed by atoms with E-state index < -0.39 is 6.04 Å². The van der Waals surface area contributed by atoms with E-state index in [-0.39, 0.29) is 5.91 Å². The van der Waals surface area contributed by atoms with Crippen LogP contribution in [-0.2, 0) is 11.2 Å². The van der Waals surface area contributed by atoms with Gasteiger partial charge in [-0.05, 0) is 24.1 Å². The van der Waals surface area contributed by atoms with Crippen LogP contribution >= 0.6 is 11.6 Å². The highest BCUT2D eigenvalue weighted by atomic mass is 35.5. The van der Waals surface area contributed by atoms with E-state index in [0.717, 1.165) is 5.56 Å². The Morgan fingerprint density at radius 1 is 1.32 bits per heavy atom. The number of hydrogen-bond donors (Lipinski definition) is 2. The van der Waals surface area contributed by atoms with E-state index in [4.69, 9.17) is 17.3 Å². The van der Waals surface area contributed by atoms with Crippen molar-refractivity contribution < 1.29 is 4.79 Å². The number of nitrogens with zero attached hydrogens (tertiary/aromatic N) is 1. The molecule has 2 rings (SSSR count). The first kappa shape index (κ1) is 13.5. The van der Waals surface area contributed by atoms with Crippen molar-refractivity contribution in [3.05, 3.63) is 59.4 Å². The van der Waals surface area contributed by atoms with Crippen LogP contribution in [0.2, 0.25) is 5.15 Å². The van der Waals surface area contributed by atoms with Gasteiger partial charge < -0.3 is 11.1 Å². The second-order valence-electron chi connectivity index (χ2n) is 4.15. The number of nitrogens with one attached hydrogen (secondary N) is 1. The third kappa shape index (κ3) is 4.05. The molecular formula is C14H14ClN3O. The first-order chi connectivity index (χ1) is 9.15. The summed E-state index contributed by atoms with van der Waals surface area (Å²) in [6, 6.07) is 12.3. The highest BCUT2D eigenvalue weighted by Gasteiger charge is 2.14. The topological polar surface area (TPSA) is 68.0 Å². The number of amides is 1. The number of anilines is 1. The van der Waals surface area contributed by atoms with Gasteiger partial charge in [-0.15, -0.1) is 0 Å². The molecule has 0 saturated carbocycles. The predicted molar refractivity (Wildman–Crippen MR) is 76.0 cm³/mol. The van der Waals surface area contributed by atoms with Crippen LogP contribution in [0.15, 0.2) is 48.7 Å². The van der Waals surface area contributed by atoms with Gasteiger partial charge in [0.2, 0.25) is 5.91 Å². The normalized spacial score (nSPS) is 11.9. The number of benzene rings is 1. The first-order valence-corrected chi connectivity index (χ1v) is 6.25. The number of halogens is 1. The number of carbonyl (C=O) groups excluding carboxylic acids is 1. The van der Waals surface area contributed by atoms with Crippen LogP contribution in [0.5, 0.6) is 0 Å². The predicted octanol–water partition coefficient (Wildman–Crippen LogP) is 2.24. The van der Waals surface area contributed by atoms with Crippen LogP contribution in [0.3, 0.4) is 0 Å². The molecule has 0 fully saturated rings. The van der Waals surface area contributed by atoms with E-state index in [1.54, 1.807) is 12.1 Å². The second kappa shape index (κ2) is 6.31. The van der Waals surface area contributed by atoms with Crippen molar-refractivity contribution in [2.45, 2.75) is 12.5 Å². The number of pyridine rings is 1. The van der Waals surface area contributed by atoms with Gasteiger partial charge in [-0.2, -0.15) is 0 Å². The third-order valence-electron chi connectivity index (χ3n) is 2.63. The minimum atomic E-state index is -0.602. The Kier molecular flexibility index (Phi) is 4.49. The molecule has 3 N–H and O–H groups in total. The molecule has 2 aromatic rings. The summed E-state index contributed by atoms with van der Waals surface area (Å²) in [5.74, 6) is -0.244. The van der Waals surface area contributed by atoms with Crippen LogP contribution in [-0.4, -0.2) is 16.9 Å². The van der Waals surface area contributed by atoms with Gasteiger partial charge in [-0.1, -0.05) is 41.9 Å². The number of rotatable bonds is 4. The van der Waals surface area contributed by atoms with E-state index >= 15 is 0 Å². The van der Waals surface area contributed by atoms with Crippen molar-refractivity contribution in [1.82, 2.24) is 4.98 Å². The molecule has 98 valence electrons. The van der Waals surface area contributed by atoms with Crippen molar-refractivity contribution in [3.63, 3.8) is 0 Å². The number of hydrogen-bond acceptors (Lipinski definition) is 3. The van der Waals surface area contributed by atoms with Crippen LogP contribution in [0, 0.1) is 0 Å². The smallest absolute Gasteiger partial charge is 0.241 e. The number of nitrogens with two attached hydrogens (primary N) is 1. The minimum Gasteiger partial charge on any atom is -0.325 e. The van der Waals surface area contributed by atoms with Gasteiger partial charge in [-0.25, -0.2) is 4.98 Å². The standard InChI is InChI=1S/C14H14ClN3O/c15-13-9-11(6-7-17-13)18-14(19)12(16)8-10-4-2-1-3-5-10/h1-7,9,12H,8,16H2,(H,17,18,19)/t12-/m0/s1. The lowest BCUT2D eigenvalue weighted by atomic mass is 10.1. The fourth-order valence-electron chi connectivity index (χ4n) is 1.68. The lowest BCUT2D eigenvalue weighted by Crippen LogP contribution is -2.37. The fourth-order valence-corrected chi connectivity index (χ4v) is 1.85. The van der Waals surface area contributed by atoms with Gasteiger partial charge in [0.05, 0.1) is 6.04 Å². The molecule has 4 nitrogen and oxygen atoms in total. The lowest BCUT2D eigenvalue weighted by molar-refractivity contribution is -0.117. The van der Waals surface area contributed by atoms with Gasteiger partial charge in [0, 0.05) is 11.9 Å². The van der Waals surface area contributed by atoms with Crippen molar-refractivity contribution in [2.75, 3.05) is 5.32 Å². The molecule has 1 heterocycles. The van der Waals surface area contributed by atoms with E-state index in [9.17, 15) is 4.79 Å². The fraction of sp³-hybridized carbons (Fsp3) is 0.143. The van der Waals surface area contributed by atoms with Crippen molar-refractivity contribution >= 4 is 23.2 Å². The Hall–Kier alpha value is -1.91. The van der Waals surface area contributed by atoms with Crippen LogP contribution in [0.4, 0.5) is 5.69 Å². The Morgan fingerprint density at radius 3 is 2.74 bits per heavy atom.